The molecule has 2 amide bonds. The molecule has 1 heterocycles. The highest BCUT2D eigenvalue weighted by Gasteiger charge is 2.32. The third-order valence-electron chi connectivity index (χ3n) is 4.22. The van der Waals surface area contributed by atoms with Gasteiger partial charge in [-0.25, -0.2) is 9.59 Å². The van der Waals surface area contributed by atoms with E-state index in [0.717, 1.165) is 11.1 Å². The standard InChI is InChI=1S/C20H19ClN2O4/c1-12-17(19(24)27-11-13-3-7-15(21)8-4-13)18(23-20(25)22-12)14-5-9-16(26-2)10-6-14/h3-10,18H,11H2,1-2H3,(H2,22,23,25). The monoisotopic (exact) mass is 386 g/mol. The quantitative estimate of drug-likeness (QED) is 0.768. The fourth-order valence-corrected chi connectivity index (χ4v) is 2.94. The Hall–Kier alpha value is -2.99. The van der Waals surface area contributed by atoms with Crippen LogP contribution in [0, 0.1) is 0 Å². The summed E-state index contributed by atoms with van der Waals surface area (Å²) < 4.78 is 10.6. The highest BCUT2D eigenvalue weighted by molar-refractivity contribution is 6.30. The van der Waals surface area contributed by atoms with Crippen molar-refractivity contribution in [3.05, 3.63) is 76.0 Å². The van der Waals surface area contributed by atoms with E-state index in [2.05, 4.69) is 10.6 Å². The molecule has 0 radical (unpaired) electrons. The first-order valence-electron chi connectivity index (χ1n) is 8.31. The molecule has 2 N–H and O–H groups in total. The number of rotatable bonds is 5. The molecule has 1 aliphatic rings. The normalized spacial score (nSPS) is 16.4. The van der Waals surface area contributed by atoms with Crippen LogP contribution in [0.4, 0.5) is 4.79 Å². The van der Waals surface area contributed by atoms with Gasteiger partial charge in [0.05, 0.1) is 18.7 Å². The second-order valence-corrected chi connectivity index (χ2v) is 6.48. The highest BCUT2D eigenvalue weighted by atomic mass is 35.5. The molecule has 3 rings (SSSR count). The van der Waals surface area contributed by atoms with Crippen LogP contribution in [0.5, 0.6) is 5.75 Å². The van der Waals surface area contributed by atoms with Gasteiger partial charge in [0.25, 0.3) is 0 Å². The van der Waals surface area contributed by atoms with Crippen LogP contribution in [0.1, 0.15) is 24.1 Å². The lowest BCUT2D eigenvalue weighted by molar-refractivity contribution is -0.140. The molecule has 0 aliphatic carbocycles. The van der Waals surface area contributed by atoms with Crippen molar-refractivity contribution < 1.29 is 19.1 Å². The van der Waals surface area contributed by atoms with Crippen molar-refractivity contribution in [2.45, 2.75) is 19.6 Å². The molecule has 0 aromatic heterocycles. The lowest BCUT2D eigenvalue weighted by atomic mass is 9.95. The van der Waals surface area contributed by atoms with Crippen LogP contribution in [-0.2, 0) is 16.1 Å². The van der Waals surface area contributed by atoms with E-state index in [-0.39, 0.29) is 12.6 Å². The second-order valence-electron chi connectivity index (χ2n) is 6.05. The van der Waals surface area contributed by atoms with Crippen LogP contribution >= 0.6 is 11.6 Å². The van der Waals surface area contributed by atoms with E-state index in [9.17, 15) is 9.59 Å². The van der Waals surface area contributed by atoms with Gasteiger partial charge in [-0.2, -0.15) is 0 Å². The van der Waals surface area contributed by atoms with Crippen molar-refractivity contribution in [2.75, 3.05) is 7.11 Å². The number of esters is 1. The summed E-state index contributed by atoms with van der Waals surface area (Å²) >= 11 is 5.86. The summed E-state index contributed by atoms with van der Waals surface area (Å²) in [7, 11) is 1.57. The van der Waals surface area contributed by atoms with Crippen molar-refractivity contribution in [2.24, 2.45) is 0 Å². The third kappa shape index (κ3) is 4.41. The summed E-state index contributed by atoms with van der Waals surface area (Å²) in [6.45, 7) is 1.78. The Balaban J connectivity index is 1.81. The Labute approximate surface area is 162 Å². The number of amides is 2. The summed E-state index contributed by atoms with van der Waals surface area (Å²) in [6.07, 6.45) is 0. The van der Waals surface area contributed by atoms with Crippen LogP contribution in [0.2, 0.25) is 5.02 Å². The van der Waals surface area contributed by atoms with Gasteiger partial charge in [-0.1, -0.05) is 35.9 Å². The largest absolute Gasteiger partial charge is 0.497 e. The summed E-state index contributed by atoms with van der Waals surface area (Å²) in [6, 6.07) is 13.2. The van der Waals surface area contributed by atoms with E-state index in [1.807, 2.05) is 0 Å². The number of hydrogen-bond donors (Lipinski definition) is 2. The summed E-state index contributed by atoms with van der Waals surface area (Å²) in [5.74, 6) is 0.183. The first-order chi connectivity index (χ1) is 13.0. The molecule has 7 heteroatoms. The van der Waals surface area contributed by atoms with Gasteiger partial charge in [0, 0.05) is 10.7 Å². The summed E-state index contributed by atoms with van der Waals surface area (Å²) in [5.41, 5.74) is 2.39. The first kappa shape index (κ1) is 18.8. The number of benzene rings is 2. The number of allylic oxidation sites excluding steroid dienone is 1. The number of ether oxygens (including phenoxy) is 2. The van der Waals surface area contributed by atoms with E-state index in [1.54, 1.807) is 62.6 Å². The second kappa shape index (κ2) is 8.14. The molecule has 1 atom stereocenters. The van der Waals surface area contributed by atoms with Gasteiger partial charge in [0.15, 0.2) is 0 Å². The molecule has 1 aliphatic heterocycles. The molecular weight excluding hydrogens is 368 g/mol. The van der Waals surface area contributed by atoms with Crippen LogP contribution < -0.4 is 15.4 Å². The van der Waals surface area contributed by atoms with E-state index >= 15 is 0 Å². The highest BCUT2D eigenvalue weighted by Crippen LogP contribution is 2.29. The predicted octanol–water partition coefficient (Wildman–Crippen LogP) is 3.72. The van der Waals surface area contributed by atoms with Gasteiger partial charge in [-0.3, -0.25) is 0 Å². The maximum absolute atomic E-state index is 12.7. The summed E-state index contributed by atoms with van der Waals surface area (Å²) in [4.78, 5) is 24.7. The van der Waals surface area contributed by atoms with Crippen LogP contribution in [-0.4, -0.2) is 19.1 Å². The minimum Gasteiger partial charge on any atom is -0.497 e. The van der Waals surface area contributed by atoms with Gasteiger partial charge >= 0.3 is 12.0 Å². The fourth-order valence-electron chi connectivity index (χ4n) is 2.82. The van der Waals surface area contributed by atoms with E-state index in [1.165, 1.54) is 0 Å². The average Bonchev–Trinajstić information content (AvgIpc) is 2.67. The van der Waals surface area contributed by atoms with Gasteiger partial charge in [-0.15, -0.1) is 0 Å². The zero-order valence-corrected chi connectivity index (χ0v) is 15.7. The van der Waals surface area contributed by atoms with Crippen LogP contribution in [0.25, 0.3) is 0 Å². The smallest absolute Gasteiger partial charge is 0.338 e. The molecule has 0 saturated carbocycles. The number of hydrogen-bond acceptors (Lipinski definition) is 4. The van der Waals surface area contributed by atoms with Gasteiger partial charge in [0.1, 0.15) is 12.4 Å². The molecule has 0 fully saturated rings. The van der Waals surface area contributed by atoms with Crippen molar-refractivity contribution in [1.29, 1.82) is 0 Å². The Morgan fingerprint density at radius 1 is 1.11 bits per heavy atom. The zero-order chi connectivity index (χ0) is 19.4. The number of carbonyl (C=O) groups excluding carboxylic acids is 2. The topological polar surface area (TPSA) is 76.7 Å². The zero-order valence-electron chi connectivity index (χ0n) is 14.9. The van der Waals surface area contributed by atoms with Crippen LogP contribution in [0.3, 0.4) is 0 Å². The average molecular weight is 387 g/mol. The molecule has 2 aromatic rings. The molecule has 6 nitrogen and oxygen atoms in total. The minimum atomic E-state index is -0.609. The van der Waals surface area contributed by atoms with Crippen molar-refractivity contribution in [1.82, 2.24) is 10.6 Å². The first-order valence-corrected chi connectivity index (χ1v) is 8.69. The molecule has 1 unspecified atom stereocenters. The Morgan fingerprint density at radius 3 is 2.41 bits per heavy atom. The molecule has 2 aromatic carbocycles. The van der Waals surface area contributed by atoms with Crippen molar-refractivity contribution >= 4 is 23.6 Å². The lowest BCUT2D eigenvalue weighted by Crippen LogP contribution is -2.45. The number of carbonyl (C=O) groups is 2. The van der Waals surface area contributed by atoms with Crippen molar-refractivity contribution in [3.8, 4) is 5.75 Å². The minimum absolute atomic E-state index is 0.107. The molecule has 27 heavy (non-hydrogen) atoms. The van der Waals surface area contributed by atoms with E-state index in [0.29, 0.717) is 22.0 Å². The number of urea groups is 1. The van der Waals surface area contributed by atoms with Gasteiger partial charge in [0.2, 0.25) is 0 Å². The molecular formula is C20H19ClN2O4. The van der Waals surface area contributed by atoms with Crippen LogP contribution in [0.15, 0.2) is 59.8 Å². The van der Waals surface area contributed by atoms with Gasteiger partial charge in [-0.05, 0) is 42.3 Å². The Kier molecular flexibility index (Phi) is 5.66. The molecule has 0 bridgehead atoms. The third-order valence-corrected chi connectivity index (χ3v) is 4.47. The Morgan fingerprint density at radius 2 is 1.78 bits per heavy atom. The number of halogens is 1. The summed E-state index contributed by atoms with van der Waals surface area (Å²) in [5, 5.41) is 6.01. The van der Waals surface area contributed by atoms with E-state index < -0.39 is 12.0 Å². The SMILES string of the molecule is COc1ccc(C2NC(=O)NC(C)=C2C(=O)OCc2ccc(Cl)cc2)cc1. The number of nitrogens with one attached hydrogen (secondary N) is 2. The molecule has 0 saturated heterocycles. The lowest BCUT2D eigenvalue weighted by Gasteiger charge is -2.28. The molecule has 0 spiro atoms. The fraction of sp³-hybridized carbons (Fsp3) is 0.200. The maximum atomic E-state index is 12.7. The maximum Gasteiger partial charge on any atom is 0.338 e. The van der Waals surface area contributed by atoms with E-state index in [4.69, 9.17) is 21.1 Å². The molecule has 140 valence electrons. The number of methoxy groups -OCH3 is 1. The Bertz CT molecular complexity index is 876. The van der Waals surface area contributed by atoms with Crippen molar-refractivity contribution in [3.63, 3.8) is 0 Å². The predicted molar refractivity (Wildman–Crippen MR) is 101 cm³/mol. The van der Waals surface area contributed by atoms with Gasteiger partial charge < -0.3 is 20.1 Å².